The third-order valence-electron chi connectivity index (χ3n) is 4.33. The quantitative estimate of drug-likeness (QED) is 0.923. The number of rotatable bonds is 3. The summed E-state index contributed by atoms with van der Waals surface area (Å²) >= 11 is 0. The van der Waals surface area contributed by atoms with E-state index in [-0.39, 0.29) is 17.3 Å². The van der Waals surface area contributed by atoms with Gasteiger partial charge in [-0.1, -0.05) is 20.8 Å². The van der Waals surface area contributed by atoms with Gasteiger partial charge in [0.1, 0.15) is 6.33 Å². The lowest BCUT2D eigenvalue weighted by Gasteiger charge is -2.34. The van der Waals surface area contributed by atoms with E-state index in [0.29, 0.717) is 24.0 Å². The molecule has 134 valence electrons. The van der Waals surface area contributed by atoms with Crippen LogP contribution in [-0.2, 0) is 5.41 Å². The van der Waals surface area contributed by atoms with Crippen molar-refractivity contribution in [1.29, 1.82) is 0 Å². The second-order valence-corrected chi connectivity index (χ2v) is 7.56. The number of piperidine rings is 1. The summed E-state index contributed by atoms with van der Waals surface area (Å²) < 4.78 is 14.9. The van der Waals surface area contributed by atoms with E-state index in [1.54, 1.807) is 6.20 Å². The van der Waals surface area contributed by atoms with Crippen LogP contribution >= 0.6 is 0 Å². The van der Waals surface area contributed by atoms with Crippen molar-refractivity contribution in [3.8, 4) is 0 Å². The second-order valence-electron chi connectivity index (χ2n) is 7.56. The molecule has 3 rings (SSSR count). The first-order valence-corrected chi connectivity index (χ1v) is 8.66. The summed E-state index contributed by atoms with van der Waals surface area (Å²) in [6.45, 7) is 9.25. The predicted molar refractivity (Wildman–Crippen MR) is 96.3 cm³/mol. The number of nitrogens with one attached hydrogen (secondary N) is 1. The van der Waals surface area contributed by atoms with Crippen molar-refractivity contribution in [3.05, 3.63) is 35.8 Å². The molecule has 1 saturated heterocycles. The maximum absolute atomic E-state index is 14.9. The summed E-state index contributed by atoms with van der Waals surface area (Å²) in [6, 6.07) is 2.02. The van der Waals surface area contributed by atoms with E-state index in [9.17, 15) is 4.39 Å². The number of aryl methyl sites for hydroxylation is 1. The van der Waals surface area contributed by atoms with Gasteiger partial charge in [0.2, 0.25) is 5.95 Å². The van der Waals surface area contributed by atoms with Gasteiger partial charge in [0.05, 0.1) is 5.69 Å². The Kier molecular flexibility index (Phi) is 4.83. The highest BCUT2D eigenvalue weighted by Crippen LogP contribution is 2.29. The second kappa shape index (κ2) is 6.90. The molecule has 2 aromatic heterocycles. The van der Waals surface area contributed by atoms with Gasteiger partial charge in [-0.2, -0.15) is 0 Å². The van der Waals surface area contributed by atoms with E-state index < -0.39 is 0 Å². The van der Waals surface area contributed by atoms with Gasteiger partial charge in [0, 0.05) is 36.4 Å². The highest BCUT2D eigenvalue weighted by Gasteiger charge is 2.28. The summed E-state index contributed by atoms with van der Waals surface area (Å²) in [5, 5.41) is 3.36. The Balaban J connectivity index is 1.78. The summed E-state index contributed by atoms with van der Waals surface area (Å²) in [7, 11) is 0. The third kappa shape index (κ3) is 4.03. The maximum Gasteiger partial charge on any atom is 0.223 e. The van der Waals surface area contributed by atoms with Crippen molar-refractivity contribution >= 4 is 11.8 Å². The van der Waals surface area contributed by atoms with E-state index in [0.717, 1.165) is 25.1 Å². The zero-order valence-electron chi connectivity index (χ0n) is 15.3. The highest BCUT2D eigenvalue weighted by molar-refractivity contribution is 5.44. The molecule has 0 aromatic carbocycles. The fourth-order valence-electron chi connectivity index (χ4n) is 3.09. The zero-order chi connectivity index (χ0) is 18.0. The largest absolute Gasteiger partial charge is 0.352 e. The monoisotopic (exact) mass is 344 g/mol. The molecule has 0 bridgehead atoms. The lowest BCUT2D eigenvalue weighted by Crippen LogP contribution is -2.43. The molecular formula is C18H25FN6. The molecule has 0 radical (unpaired) electrons. The number of aromatic nitrogens is 4. The number of halogens is 1. The SMILES string of the molecule is Cc1ccnc(NC2CCCN(c3ncnc(C(C)(C)C)c3F)C2)n1. The Morgan fingerprint density at radius 2 is 2.04 bits per heavy atom. The minimum absolute atomic E-state index is 0.156. The number of hydrogen-bond donors (Lipinski definition) is 1. The van der Waals surface area contributed by atoms with Gasteiger partial charge in [-0.25, -0.2) is 24.3 Å². The van der Waals surface area contributed by atoms with Crippen LogP contribution in [0.4, 0.5) is 16.2 Å². The molecule has 2 aromatic rings. The van der Waals surface area contributed by atoms with Crippen LogP contribution in [0, 0.1) is 12.7 Å². The number of hydrogen-bond acceptors (Lipinski definition) is 6. The first-order valence-electron chi connectivity index (χ1n) is 8.66. The number of nitrogens with zero attached hydrogens (tertiary/aromatic N) is 5. The van der Waals surface area contributed by atoms with Crippen molar-refractivity contribution in [1.82, 2.24) is 19.9 Å². The molecule has 6 nitrogen and oxygen atoms in total. The van der Waals surface area contributed by atoms with Crippen LogP contribution in [0.1, 0.15) is 45.0 Å². The van der Waals surface area contributed by atoms with Crippen molar-refractivity contribution in [2.75, 3.05) is 23.3 Å². The average Bonchev–Trinajstić information content (AvgIpc) is 2.54. The molecule has 0 saturated carbocycles. The first kappa shape index (κ1) is 17.5. The Morgan fingerprint density at radius 1 is 1.24 bits per heavy atom. The van der Waals surface area contributed by atoms with Crippen LogP contribution in [0.3, 0.4) is 0 Å². The molecule has 1 fully saturated rings. The van der Waals surface area contributed by atoms with Crippen LogP contribution in [0.2, 0.25) is 0 Å². The molecule has 7 heteroatoms. The minimum atomic E-state index is -0.357. The topological polar surface area (TPSA) is 66.8 Å². The van der Waals surface area contributed by atoms with Crippen molar-refractivity contribution in [2.45, 2.75) is 52.0 Å². The normalized spacial score (nSPS) is 18.3. The molecule has 1 aliphatic rings. The van der Waals surface area contributed by atoms with E-state index >= 15 is 0 Å². The summed E-state index contributed by atoms with van der Waals surface area (Å²) in [5.41, 5.74) is 1.02. The average molecular weight is 344 g/mol. The van der Waals surface area contributed by atoms with Gasteiger partial charge in [0.15, 0.2) is 11.6 Å². The third-order valence-corrected chi connectivity index (χ3v) is 4.33. The van der Waals surface area contributed by atoms with Crippen LogP contribution in [0.25, 0.3) is 0 Å². The van der Waals surface area contributed by atoms with Crippen LogP contribution in [0.15, 0.2) is 18.6 Å². The molecule has 25 heavy (non-hydrogen) atoms. The van der Waals surface area contributed by atoms with Gasteiger partial charge in [0.25, 0.3) is 0 Å². The number of anilines is 2. The molecule has 0 aliphatic carbocycles. The predicted octanol–water partition coefficient (Wildman–Crippen LogP) is 3.09. The highest BCUT2D eigenvalue weighted by atomic mass is 19.1. The summed E-state index contributed by atoms with van der Waals surface area (Å²) in [5.74, 6) is 0.685. The molecule has 1 atom stereocenters. The standard InChI is InChI=1S/C18H25FN6/c1-12-7-8-20-17(23-12)24-13-6-5-9-25(10-13)16-14(19)15(18(2,3)4)21-11-22-16/h7-8,11,13H,5-6,9-10H2,1-4H3,(H,20,23,24). The molecule has 3 heterocycles. The molecule has 0 spiro atoms. The van der Waals surface area contributed by atoms with Crippen LogP contribution in [0.5, 0.6) is 0 Å². The van der Waals surface area contributed by atoms with Crippen LogP contribution in [-0.4, -0.2) is 39.1 Å². The smallest absolute Gasteiger partial charge is 0.223 e. The van der Waals surface area contributed by atoms with Crippen molar-refractivity contribution in [2.24, 2.45) is 0 Å². The molecule has 1 unspecified atom stereocenters. The van der Waals surface area contributed by atoms with E-state index in [4.69, 9.17) is 0 Å². The Labute approximate surface area is 147 Å². The fourth-order valence-corrected chi connectivity index (χ4v) is 3.09. The van der Waals surface area contributed by atoms with E-state index in [1.165, 1.54) is 6.33 Å². The Hall–Kier alpha value is -2.31. The molecule has 1 N–H and O–H groups in total. The molecule has 0 amide bonds. The summed E-state index contributed by atoms with van der Waals surface area (Å²) in [4.78, 5) is 19.0. The lowest BCUT2D eigenvalue weighted by molar-refractivity contribution is 0.479. The molecule has 1 aliphatic heterocycles. The van der Waals surface area contributed by atoms with Gasteiger partial charge in [-0.05, 0) is 25.8 Å². The van der Waals surface area contributed by atoms with E-state index in [2.05, 4.69) is 25.3 Å². The zero-order valence-corrected chi connectivity index (χ0v) is 15.3. The van der Waals surface area contributed by atoms with Gasteiger partial charge >= 0.3 is 0 Å². The fraction of sp³-hybridized carbons (Fsp3) is 0.556. The maximum atomic E-state index is 14.9. The minimum Gasteiger partial charge on any atom is -0.352 e. The van der Waals surface area contributed by atoms with E-state index in [1.807, 2.05) is 38.7 Å². The van der Waals surface area contributed by atoms with Crippen molar-refractivity contribution < 1.29 is 4.39 Å². The van der Waals surface area contributed by atoms with Crippen LogP contribution < -0.4 is 10.2 Å². The Bertz CT molecular complexity index is 743. The van der Waals surface area contributed by atoms with Crippen molar-refractivity contribution in [3.63, 3.8) is 0 Å². The summed E-state index contributed by atoms with van der Waals surface area (Å²) in [6.07, 6.45) is 5.15. The van der Waals surface area contributed by atoms with Gasteiger partial charge in [-0.15, -0.1) is 0 Å². The van der Waals surface area contributed by atoms with Gasteiger partial charge < -0.3 is 10.2 Å². The molecular weight excluding hydrogens is 319 g/mol. The van der Waals surface area contributed by atoms with Gasteiger partial charge in [-0.3, -0.25) is 0 Å². The Morgan fingerprint density at radius 3 is 2.76 bits per heavy atom. The lowest BCUT2D eigenvalue weighted by atomic mass is 9.91. The first-order chi connectivity index (χ1) is 11.8.